The molecular weight excluding hydrogens is 513 g/mol. The number of alkyl halides is 3. The molecule has 196 valence electrons. The molecule has 2 aliphatic rings. The summed E-state index contributed by atoms with van der Waals surface area (Å²) in [6.45, 7) is -0.0567. The summed E-state index contributed by atoms with van der Waals surface area (Å²) in [6, 6.07) is -1.01. The van der Waals surface area contributed by atoms with Crippen LogP contribution in [0, 0.1) is 29.2 Å². The molecule has 3 heterocycles. The number of β-amino-alcohol motifs (C(OH)–C–C–N with tert-alkyl or cyclic N) is 1. The Hall–Kier alpha value is -3.68. The van der Waals surface area contributed by atoms with E-state index in [1.807, 2.05) is 0 Å². The van der Waals surface area contributed by atoms with Gasteiger partial charge >= 0.3 is 6.18 Å². The van der Waals surface area contributed by atoms with Crippen LogP contribution in [0.15, 0.2) is 29.2 Å². The Balaban J connectivity index is 1.72. The van der Waals surface area contributed by atoms with Gasteiger partial charge in [0.05, 0.1) is 11.5 Å². The van der Waals surface area contributed by atoms with Gasteiger partial charge in [0.1, 0.15) is 23.1 Å². The van der Waals surface area contributed by atoms with Gasteiger partial charge < -0.3 is 15.3 Å². The Kier molecular flexibility index (Phi) is 5.89. The highest BCUT2D eigenvalue weighted by atomic mass is 19.4. The van der Waals surface area contributed by atoms with Crippen molar-refractivity contribution in [3.05, 3.63) is 63.5 Å². The van der Waals surface area contributed by atoms with Crippen LogP contribution in [0.3, 0.4) is 0 Å². The number of nitrogens with one attached hydrogen (secondary N) is 1. The van der Waals surface area contributed by atoms with Crippen molar-refractivity contribution in [1.29, 1.82) is 0 Å². The number of fused-ring (bicyclic) bond motifs is 1. The molecular formula is C23H17F7N4O3. The predicted molar refractivity (Wildman–Crippen MR) is 115 cm³/mol. The molecule has 1 saturated carbocycles. The third-order valence-electron chi connectivity index (χ3n) is 6.27. The number of pyridine rings is 2. The lowest BCUT2D eigenvalue weighted by Crippen LogP contribution is -2.51. The summed E-state index contributed by atoms with van der Waals surface area (Å²) in [7, 11) is 0. The first-order valence-electron chi connectivity index (χ1n) is 11.1. The third-order valence-corrected chi connectivity index (χ3v) is 6.27. The quantitative estimate of drug-likeness (QED) is 0.495. The van der Waals surface area contributed by atoms with Gasteiger partial charge in [-0.25, -0.2) is 22.5 Å². The molecule has 14 heteroatoms. The molecule has 2 N–H and O–H groups in total. The lowest BCUT2D eigenvalue weighted by molar-refractivity contribution is -0.158. The SMILES string of the molecule is O=C(NC(C1CC1)C(F)(F)F)c1cn(-c2c(F)cc(F)cc2F)c2nc(N3CC(O)C3)c(F)cc2c1=O. The van der Waals surface area contributed by atoms with E-state index < -0.39 is 81.1 Å². The maximum absolute atomic E-state index is 14.9. The van der Waals surface area contributed by atoms with Gasteiger partial charge in [0.25, 0.3) is 5.91 Å². The molecule has 2 aromatic heterocycles. The Morgan fingerprint density at radius 3 is 2.22 bits per heavy atom. The summed E-state index contributed by atoms with van der Waals surface area (Å²) >= 11 is 0. The van der Waals surface area contributed by atoms with E-state index in [0.717, 1.165) is 0 Å². The van der Waals surface area contributed by atoms with E-state index >= 15 is 0 Å². The van der Waals surface area contributed by atoms with E-state index in [-0.39, 0.29) is 31.7 Å². The van der Waals surface area contributed by atoms with Crippen LogP contribution < -0.4 is 15.6 Å². The van der Waals surface area contributed by atoms with Crippen molar-refractivity contribution >= 4 is 22.8 Å². The molecule has 0 bridgehead atoms. The molecule has 1 aliphatic carbocycles. The van der Waals surface area contributed by atoms with E-state index in [1.54, 1.807) is 5.32 Å². The molecule has 1 atom stereocenters. The summed E-state index contributed by atoms with van der Waals surface area (Å²) in [5.74, 6) is -8.09. The van der Waals surface area contributed by atoms with Crippen LogP contribution in [0.4, 0.5) is 36.6 Å². The van der Waals surface area contributed by atoms with E-state index in [1.165, 1.54) is 4.90 Å². The average Bonchev–Trinajstić information content (AvgIpc) is 3.60. The molecule has 0 spiro atoms. The first-order valence-corrected chi connectivity index (χ1v) is 11.1. The molecule has 1 amide bonds. The number of rotatable bonds is 5. The molecule has 1 aromatic carbocycles. The van der Waals surface area contributed by atoms with Gasteiger partial charge in [-0.15, -0.1) is 0 Å². The standard InChI is InChI=1S/C23H17F7N4O3/c24-10-3-14(25)17(15(26)4-10)34-8-13(22(37)31-19(9-1-2-9)23(28,29)30)18(36)12-5-16(27)21(32-20(12)34)33-6-11(35)7-33/h3-5,8-9,11,19,35H,1-2,6-7H2,(H,31,37). The van der Waals surface area contributed by atoms with Gasteiger partial charge in [-0.2, -0.15) is 13.2 Å². The van der Waals surface area contributed by atoms with Gasteiger partial charge in [0, 0.05) is 31.4 Å². The number of benzene rings is 1. The van der Waals surface area contributed by atoms with Gasteiger partial charge in [-0.3, -0.25) is 14.2 Å². The van der Waals surface area contributed by atoms with Crippen molar-refractivity contribution in [2.45, 2.75) is 31.2 Å². The van der Waals surface area contributed by atoms with Crippen LogP contribution >= 0.6 is 0 Å². The minimum atomic E-state index is -4.83. The highest BCUT2D eigenvalue weighted by molar-refractivity contribution is 5.97. The molecule has 1 aliphatic heterocycles. The highest BCUT2D eigenvalue weighted by Crippen LogP contribution is 2.40. The number of hydrogen-bond acceptors (Lipinski definition) is 5. The lowest BCUT2D eigenvalue weighted by atomic mass is 10.1. The molecule has 0 radical (unpaired) electrons. The molecule has 3 aromatic rings. The zero-order valence-electron chi connectivity index (χ0n) is 18.6. The number of nitrogens with zero attached hydrogens (tertiary/aromatic N) is 3. The van der Waals surface area contributed by atoms with Crippen LogP contribution in [0.1, 0.15) is 23.2 Å². The van der Waals surface area contributed by atoms with E-state index in [2.05, 4.69) is 4.98 Å². The van der Waals surface area contributed by atoms with Crippen LogP contribution in [0.5, 0.6) is 0 Å². The fourth-order valence-electron chi connectivity index (χ4n) is 4.28. The molecule has 5 rings (SSSR count). The molecule has 37 heavy (non-hydrogen) atoms. The summed E-state index contributed by atoms with van der Waals surface area (Å²) in [6.07, 6.45) is -4.64. The topological polar surface area (TPSA) is 87.5 Å². The number of hydrogen-bond donors (Lipinski definition) is 2. The van der Waals surface area contributed by atoms with Crippen molar-refractivity contribution in [2.75, 3.05) is 18.0 Å². The monoisotopic (exact) mass is 530 g/mol. The summed E-state index contributed by atoms with van der Waals surface area (Å²) in [5.41, 5.74) is -3.73. The minimum Gasteiger partial charge on any atom is -0.389 e. The first-order chi connectivity index (χ1) is 17.3. The van der Waals surface area contributed by atoms with Crippen molar-refractivity contribution < 1.29 is 40.6 Å². The van der Waals surface area contributed by atoms with Crippen LogP contribution in [0.2, 0.25) is 0 Å². The number of halogens is 7. The van der Waals surface area contributed by atoms with Crippen LogP contribution in [-0.2, 0) is 0 Å². The smallest absolute Gasteiger partial charge is 0.389 e. The fourth-order valence-corrected chi connectivity index (χ4v) is 4.28. The van der Waals surface area contributed by atoms with Crippen molar-refractivity contribution in [1.82, 2.24) is 14.9 Å². The van der Waals surface area contributed by atoms with Crippen molar-refractivity contribution in [3.8, 4) is 5.69 Å². The highest BCUT2D eigenvalue weighted by Gasteiger charge is 2.50. The maximum Gasteiger partial charge on any atom is 0.408 e. The molecule has 1 unspecified atom stereocenters. The Labute approximate surface area is 203 Å². The molecule has 2 fully saturated rings. The third kappa shape index (κ3) is 4.49. The van der Waals surface area contributed by atoms with Gasteiger partial charge in [0.15, 0.2) is 28.9 Å². The zero-order chi connectivity index (χ0) is 26.8. The number of anilines is 1. The van der Waals surface area contributed by atoms with Gasteiger partial charge in [0.2, 0.25) is 5.43 Å². The predicted octanol–water partition coefficient (Wildman–Crippen LogP) is 3.19. The van der Waals surface area contributed by atoms with Gasteiger partial charge in [-0.05, 0) is 24.8 Å². The Bertz CT molecular complexity index is 1460. The Morgan fingerprint density at radius 1 is 1.05 bits per heavy atom. The number of aliphatic hydroxyl groups excluding tert-OH is 1. The number of aliphatic hydroxyl groups is 1. The van der Waals surface area contributed by atoms with Gasteiger partial charge in [-0.1, -0.05) is 0 Å². The summed E-state index contributed by atoms with van der Waals surface area (Å²) in [5, 5.41) is 10.6. The van der Waals surface area contributed by atoms with E-state index in [9.17, 15) is 45.4 Å². The largest absolute Gasteiger partial charge is 0.408 e. The number of amides is 1. The minimum absolute atomic E-state index is 0.0284. The number of carbonyl (C=O) groups is 1. The van der Waals surface area contributed by atoms with Crippen molar-refractivity contribution in [2.24, 2.45) is 5.92 Å². The second-order valence-electron chi connectivity index (χ2n) is 9.01. The summed E-state index contributed by atoms with van der Waals surface area (Å²) in [4.78, 5) is 31.2. The number of aromatic nitrogens is 2. The number of carbonyl (C=O) groups excluding carboxylic acids is 1. The maximum atomic E-state index is 14.9. The lowest BCUT2D eigenvalue weighted by Gasteiger charge is -2.37. The molecule has 7 nitrogen and oxygen atoms in total. The second-order valence-corrected chi connectivity index (χ2v) is 9.01. The normalized spacial score (nSPS) is 17.1. The van der Waals surface area contributed by atoms with E-state index in [4.69, 9.17) is 0 Å². The first kappa shape index (κ1) is 25.0. The average molecular weight is 530 g/mol. The fraction of sp³-hybridized carbons (Fsp3) is 0.348. The molecule has 1 saturated heterocycles. The second kappa shape index (κ2) is 8.71. The van der Waals surface area contributed by atoms with Crippen LogP contribution in [0.25, 0.3) is 16.7 Å². The van der Waals surface area contributed by atoms with E-state index in [0.29, 0.717) is 29.0 Å². The summed E-state index contributed by atoms with van der Waals surface area (Å²) < 4.78 is 98.8. The van der Waals surface area contributed by atoms with Crippen molar-refractivity contribution in [3.63, 3.8) is 0 Å². The van der Waals surface area contributed by atoms with Crippen LogP contribution in [-0.4, -0.2) is 52.0 Å². The zero-order valence-corrected chi connectivity index (χ0v) is 18.6. The Morgan fingerprint density at radius 2 is 1.68 bits per heavy atom.